The standard InChI is InChI=1S/C22H25F2N5.HI/c1-2-25-22(26-12-10-17-8-9-20(23)14-21(17)24)27-15-18-6-3-4-7-19(18)16-29-13-5-11-28-29;/h3-9,11,13-14H,2,10,12,15-16H2,1H3,(H2,25,26,27);1H. The van der Waals surface area contributed by atoms with Crippen LogP contribution in [-0.4, -0.2) is 28.8 Å². The molecule has 0 unspecified atom stereocenters. The molecule has 2 aromatic carbocycles. The first-order valence-corrected chi connectivity index (χ1v) is 9.66. The summed E-state index contributed by atoms with van der Waals surface area (Å²) in [6.07, 6.45) is 4.13. The van der Waals surface area contributed by atoms with Crippen molar-refractivity contribution in [3.05, 3.63) is 89.2 Å². The fourth-order valence-electron chi connectivity index (χ4n) is 2.98. The van der Waals surface area contributed by atoms with Gasteiger partial charge in [0.1, 0.15) is 11.6 Å². The van der Waals surface area contributed by atoms with Crippen molar-refractivity contribution < 1.29 is 8.78 Å². The average Bonchev–Trinajstić information content (AvgIpc) is 3.22. The number of aromatic nitrogens is 2. The lowest BCUT2D eigenvalue weighted by Crippen LogP contribution is -2.38. The minimum absolute atomic E-state index is 0. The van der Waals surface area contributed by atoms with E-state index < -0.39 is 11.6 Å². The maximum absolute atomic E-state index is 13.8. The molecule has 0 spiro atoms. The van der Waals surface area contributed by atoms with Gasteiger partial charge in [0, 0.05) is 31.5 Å². The van der Waals surface area contributed by atoms with Crippen LogP contribution in [0.3, 0.4) is 0 Å². The van der Waals surface area contributed by atoms with E-state index >= 15 is 0 Å². The SMILES string of the molecule is CCNC(=NCc1ccccc1Cn1cccn1)NCCc1ccc(F)cc1F.I. The van der Waals surface area contributed by atoms with Gasteiger partial charge in [-0.3, -0.25) is 4.68 Å². The second kappa shape index (κ2) is 12.3. The lowest BCUT2D eigenvalue weighted by molar-refractivity contribution is 0.570. The van der Waals surface area contributed by atoms with Crippen molar-refractivity contribution in [2.24, 2.45) is 4.99 Å². The van der Waals surface area contributed by atoms with Crippen LogP contribution >= 0.6 is 24.0 Å². The van der Waals surface area contributed by atoms with E-state index in [-0.39, 0.29) is 24.0 Å². The van der Waals surface area contributed by atoms with Gasteiger partial charge in [-0.05, 0) is 42.2 Å². The van der Waals surface area contributed by atoms with E-state index in [0.717, 1.165) is 17.2 Å². The summed E-state index contributed by atoms with van der Waals surface area (Å²) >= 11 is 0. The van der Waals surface area contributed by atoms with Gasteiger partial charge in [0.2, 0.25) is 0 Å². The zero-order valence-electron chi connectivity index (χ0n) is 16.8. The maximum atomic E-state index is 13.8. The average molecular weight is 525 g/mol. The predicted octanol–water partition coefficient (Wildman–Crippen LogP) is 4.13. The van der Waals surface area contributed by atoms with Crippen LogP contribution < -0.4 is 10.6 Å². The third-order valence-corrected chi connectivity index (χ3v) is 4.46. The van der Waals surface area contributed by atoms with Crippen LogP contribution in [0, 0.1) is 11.6 Å². The summed E-state index contributed by atoms with van der Waals surface area (Å²) in [6, 6.07) is 13.7. The number of benzene rings is 2. The molecule has 3 aromatic rings. The molecule has 1 heterocycles. The van der Waals surface area contributed by atoms with Gasteiger partial charge >= 0.3 is 0 Å². The molecule has 0 aliphatic carbocycles. The van der Waals surface area contributed by atoms with Crippen LogP contribution in [-0.2, 0) is 19.5 Å². The largest absolute Gasteiger partial charge is 0.357 e. The van der Waals surface area contributed by atoms with Gasteiger partial charge in [-0.2, -0.15) is 5.10 Å². The minimum Gasteiger partial charge on any atom is -0.357 e. The van der Waals surface area contributed by atoms with Gasteiger partial charge in [-0.15, -0.1) is 24.0 Å². The Morgan fingerprint density at radius 2 is 1.83 bits per heavy atom. The molecule has 3 rings (SSSR count). The number of hydrogen-bond acceptors (Lipinski definition) is 2. The summed E-state index contributed by atoms with van der Waals surface area (Å²) in [5.74, 6) is -0.437. The first-order chi connectivity index (χ1) is 14.2. The smallest absolute Gasteiger partial charge is 0.191 e. The Hall–Kier alpha value is -2.49. The molecule has 0 radical (unpaired) electrons. The summed E-state index contributed by atoms with van der Waals surface area (Å²) in [4.78, 5) is 4.65. The van der Waals surface area contributed by atoms with Crippen LogP contribution in [0.2, 0.25) is 0 Å². The highest BCUT2D eigenvalue weighted by Crippen LogP contribution is 2.12. The van der Waals surface area contributed by atoms with E-state index in [1.54, 1.807) is 6.20 Å². The van der Waals surface area contributed by atoms with E-state index in [2.05, 4.69) is 32.9 Å². The molecule has 0 amide bonds. The number of halogens is 3. The lowest BCUT2D eigenvalue weighted by atomic mass is 10.1. The van der Waals surface area contributed by atoms with Crippen molar-refractivity contribution in [3.8, 4) is 0 Å². The Kier molecular flexibility index (Phi) is 9.72. The number of rotatable bonds is 8. The summed E-state index contributed by atoms with van der Waals surface area (Å²) in [6.45, 7) is 4.39. The maximum Gasteiger partial charge on any atom is 0.191 e. The first-order valence-electron chi connectivity index (χ1n) is 9.66. The van der Waals surface area contributed by atoms with E-state index in [1.807, 2.05) is 36.0 Å². The van der Waals surface area contributed by atoms with E-state index in [1.165, 1.54) is 12.1 Å². The molecule has 160 valence electrons. The molecule has 0 aliphatic heterocycles. The number of nitrogens with zero attached hydrogens (tertiary/aromatic N) is 3. The number of aliphatic imine (C=N–C) groups is 1. The molecule has 0 atom stereocenters. The van der Waals surface area contributed by atoms with E-state index in [9.17, 15) is 8.78 Å². The number of guanidine groups is 1. The third kappa shape index (κ3) is 7.08. The molecule has 0 bridgehead atoms. The Bertz CT molecular complexity index is 944. The Balaban J connectivity index is 0.00000320. The number of hydrogen-bond donors (Lipinski definition) is 2. The van der Waals surface area contributed by atoms with Gasteiger partial charge in [-0.25, -0.2) is 13.8 Å². The molecular formula is C22H26F2IN5. The molecule has 0 aliphatic rings. The summed E-state index contributed by atoms with van der Waals surface area (Å²) in [5.41, 5.74) is 2.74. The zero-order valence-corrected chi connectivity index (χ0v) is 19.1. The molecule has 8 heteroatoms. The van der Waals surface area contributed by atoms with Gasteiger partial charge < -0.3 is 10.6 Å². The fraction of sp³-hybridized carbons (Fsp3) is 0.273. The monoisotopic (exact) mass is 525 g/mol. The van der Waals surface area contributed by atoms with Crippen molar-refractivity contribution >= 4 is 29.9 Å². The zero-order chi connectivity index (χ0) is 20.5. The molecule has 0 saturated carbocycles. The van der Waals surface area contributed by atoms with Crippen LogP contribution in [0.1, 0.15) is 23.6 Å². The predicted molar refractivity (Wildman–Crippen MR) is 126 cm³/mol. The lowest BCUT2D eigenvalue weighted by Gasteiger charge is -2.13. The van der Waals surface area contributed by atoms with Gasteiger partial charge in [0.05, 0.1) is 13.1 Å². The highest BCUT2D eigenvalue weighted by Gasteiger charge is 2.06. The van der Waals surface area contributed by atoms with E-state index in [0.29, 0.717) is 44.1 Å². The normalized spacial score (nSPS) is 11.1. The van der Waals surface area contributed by atoms with Crippen molar-refractivity contribution in [3.63, 3.8) is 0 Å². The van der Waals surface area contributed by atoms with Crippen molar-refractivity contribution in [2.45, 2.75) is 26.4 Å². The van der Waals surface area contributed by atoms with Crippen LogP contribution in [0.4, 0.5) is 8.78 Å². The Morgan fingerprint density at radius 3 is 2.53 bits per heavy atom. The fourth-order valence-corrected chi connectivity index (χ4v) is 2.98. The summed E-state index contributed by atoms with van der Waals surface area (Å²) in [7, 11) is 0. The second-order valence-electron chi connectivity index (χ2n) is 6.58. The Labute approximate surface area is 192 Å². The second-order valence-corrected chi connectivity index (χ2v) is 6.58. The minimum atomic E-state index is -0.567. The summed E-state index contributed by atoms with van der Waals surface area (Å²) in [5, 5.41) is 10.7. The molecule has 5 nitrogen and oxygen atoms in total. The molecule has 0 saturated heterocycles. The molecule has 0 fully saturated rings. The molecular weight excluding hydrogens is 499 g/mol. The topological polar surface area (TPSA) is 54.2 Å². The third-order valence-electron chi connectivity index (χ3n) is 4.46. The quantitative estimate of drug-likeness (QED) is 0.264. The van der Waals surface area contributed by atoms with Crippen molar-refractivity contribution in [2.75, 3.05) is 13.1 Å². The Morgan fingerprint density at radius 1 is 1.03 bits per heavy atom. The van der Waals surface area contributed by atoms with Crippen molar-refractivity contribution in [1.82, 2.24) is 20.4 Å². The van der Waals surface area contributed by atoms with Crippen LogP contribution in [0.15, 0.2) is 65.9 Å². The first kappa shape index (κ1) is 23.8. The highest BCUT2D eigenvalue weighted by atomic mass is 127. The molecule has 2 N–H and O–H groups in total. The summed E-state index contributed by atoms with van der Waals surface area (Å²) < 4.78 is 28.7. The van der Waals surface area contributed by atoms with Gasteiger partial charge in [0.25, 0.3) is 0 Å². The number of nitrogens with one attached hydrogen (secondary N) is 2. The van der Waals surface area contributed by atoms with Gasteiger partial charge in [0.15, 0.2) is 5.96 Å². The van der Waals surface area contributed by atoms with E-state index in [4.69, 9.17) is 0 Å². The molecule has 1 aromatic heterocycles. The van der Waals surface area contributed by atoms with Crippen LogP contribution in [0.5, 0.6) is 0 Å². The van der Waals surface area contributed by atoms with Crippen molar-refractivity contribution in [1.29, 1.82) is 0 Å². The van der Waals surface area contributed by atoms with Gasteiger partial charge in [-0.1, -0.05) is 30.3 Å². The molecule has 30 heavy (non-hydrogen) atoms. The van der Waals surface area contributed by atoms with Crippen LogP contribution in [0.25, 0.3) is 0 Å². The highest BCUT2D eigenvalue weighted by molar-refractivity contribution is 14.0.